The molecular weight excluding hydrogens is 275 g/mol. The monoisotopic (exact) mass is 290 g/mol. The molecule has 1 rings (SSSR count). The van der Waals surface area contributed by atoms with Crippen LogP contribution < -0.4 is 0 Å². The van der Waals surface area contributed by atoms with Crippen molar-refractivity contribution in [3.05, 3.63) is 35.9 Å². The highest BCUT2D eigenvalue weighted by atomic mass is 31.2. The van der Waals surface area contributed by atoms with Crippen LogP contribution in [0.3, 0.4) is 0 Å². The van der Waals surface area contributed by atoms with E-state index in [9.17, 15) is 9.36 Å². The summed E-state index contributed by atoms with van der Waals surface area (Å²) < 4.78 is 26.1. The first-order valence-corrected chi connectivity index (χ1v) is 6.95. The molecule has 0 fully saturated rings. The number of hydrogen-bond acceptors (Lipinski definition) is 7. The van der Waals surface area contributed by atoms with Gasteiger partial charge in [0, 0.05) is 0 Å². The van der Waals surface area contributed by atoms with Crippen LogP contribution in [0.2, 0.25) is 0 Å². The highest BCUT2D eigenvalue weighted by Gasteiger charge is 2.38. The lowest BCUT2D eigenvalue weighted by atomic mass is 10.2. The van der Waals surface area contributed by atoms with Crippen molar-refractivity contribution in [3.63, 3.8) is 0 Å². The van der Waals surface area contributed by atoms with Crippen molar-refractivity contribution in [2.45, 2.75) is 12.8 Å². The molecule has 0 aliphatic carbocycles. The second-order valence-corrected chi connectivity index (χ2v) is 5.50. The number of esters is 1. The highest BCUT2D eigenvalue weighted by molar-refractivity contribution is 7.54. The van der Waals surface area contributed by atoms with Crippen LogP contribution in [0.25, 0.3) is 0 Å². The van der Waals surface area contributed by atoms with Crippen LogP contribution in [0.15, 0.2) is 30.3 Å². The second kappa shape index (κ2) is 7.37. The lowest BCUT2D eigenvalue weighted by molar-refractivity contribution is -0.247. The van der Waals surface area contributed by atoms with Gasteiger partial charge in [-0.25, -0.2) is 14.6 Å². The summed E-state index contributed by atoms with van der Waals surface area (Å²) >= 11 is 0. The molecule has 0 saturated heterocycles. The van der Waals surface area contributed by atoms with Gasteiger partial charge in [-0.2, -0.15) is 0 Å². The minimum Gasteiger partial charge on any atom is -0.446 e. The van der Waals surface area contributed by atoms with E-state index in [1.54, 1.807) is 30.3 Å². The molecule has 1 aromatic carbocycles. The van der Waals surface area contributed by atoms with Gasteiger partial charge in [0.05, 0.1) is 19.8 Å². The van der Waals surface area contributed by atoms with E-state index < -0.39 is 19.4 Å². The summed E-state index contributed by atoms with van der Waals surface area (Å²) in [4.78, 5) is 20.4. The van der Waals surface area contributed by atoms with Crippen LogP contribution in [0, 0.1) is 0 Å². The van der Waals surface area contributed by atoms with Crippen molar-refractivity contribution >= 4 is 13.6 Å². The van der Waals surface area contributed by atoms with E-state index in [-0.39, 0.29) is 0 Å². The molecule has 0 unspecified atom stereocenters. The number of benzene rings is 1. The van der Waals surface area contributed by atoms with Gasteiger partial charge in [-0.05, 0) is 19.1 Å². The first kappa shape index (κ1) is 15.8. The summed E-state index contributed by atoms with van der Waals surface area (Å²) in [5.74, 6) is -1.85. The Balaban J connectivity index is 2.74. The smallest absolute Gasteiger partial charge is 0.423 e. The Labute approximate surface area is 110 Å². The number of carbonyl (C=O) groups is 1. The quantitative estimate of drug-likeness (QED) is 0.330. The Morgan fingerprint density at radius 3 is 2.11 bits per heavy atom. The fourth-order valence-corrected chi connectivity index (χ4v) is 2.11. The summed E-state index contributed by atoms with van der Waals surface area (Å²) in [6, 6.07) is 8.24. The fourth-order valence-electron chi connectivity index (χ4n) is 1.20. The normalized spacial score (nSPS) is 13.0. The average molecular weight is 290 g/mol. The van der Waals surface area contributed by atoms with Crippen molar-refractivity contribution in [1.82, 2.24) is 0 Å². The molecule has 0 amide bonds. The predicted molar refractivity (Wildman–Crippen MR) is 65.1 cm³/mol. The van der Waals surface area contributed by atoms with Crippen molar-refractivity contribution in [2.24, 2.45) is 0 Å². The molecular formula is C11H15O7P. The average Bonchev–Trinajstić information content (AvgIpc) is 2.40. The molecule has 1 aromatic rings. The Morgan fingerprint density at radius 1 is 1.11 bits per heavy atom. The molecule has 19 heavy (non-hydrogen) atoms. The standard InChI is InChI=1S/C11H15O7P/c1-9(19(13,17-14-2)18-15-3)16-11(12)10-7-5-4-6-8-10/h4-9H,1-3H3/t9-/m0/s1. The molecule has 0 saturated carbocycles. The second-order valence-electron chi connectivity index (χ2n) is 3.39. The largest absolute Gasteiger partial charge is 0.446 e. The molecule has 106 valence electrons. The van der Waals surface area contributed by atoms with Crippen molar-refractivity contribution in [3.8, 4) is 0 Å². The third kappa shape index (κ3) is 4.41. The maximum atomic E-state index is 12.1. The summed E-state index contributed by atoms with van der Waals surface area (Å²) in [6.07, 6.45) is 0. The van der Waals surface area contributed by atoms with E-state index in [1.807, 2.05) is 0 Å². The van der Waals surface area contributed by atoms with Gasteiger partial charge in [-0.3, -0.25) is 4.57 Å². The highest BCUT2D eigenvalue weighted by Crippen LogP contribution is 2.53. The predicted octanol–water partition coefficient (Wildman–Crippen LogP) is 2.54. The maximum Gasteiger partial charge on any atom is 0.423 e. The van der Waals surface area contributed by atoms with Crippen LogP contribution in [0.1, 0.15) is 17.3 Å². The molecule has 8 heteroatoms. The lowest BCUT2D eigenvalue weighted by Crippen LogP contribution is -2.18. The van der Waals surface area contributed by atoms with E-state index in [4.69, 9.17) is 4.74 Å². The van der Waals surface area contributed by atoms with Crippen molar-refractivity contribution < 1.29 is 33.2 Å². The number of hydrogen-bond donors (Lipinski definition) is 0. The van der Waals surface area contributed by atoms with Gasteiger partial charge in [-0.15, -0.1) is 9.35 Å². The number of ether oxygens (including phenoxy) is 1. The van der Waals surface area contributed by atoms with Gasteiger partial charge in [0.25, 0.3) is 0 Å². The van der Waals surface area contributed by atoms with Crippen LogP contribution in [-0.2, 0) is 28.4 Å². The molecule has 0 aliphatic rings. The van der Waals surface area contributed by atoms with E-state index >= 15 is 0 Å². The molecule has 0 radical (unpaired) electrons. The van der Waals surface area contributed by atoms with Crippen molar-refractivity contribution in [1.29, 1.82) is 0 Å². The number of carbonyl (C=O) groups excluding carboxylic acids is 1. The Kier molecular flexibility index (Phi) is 6.14. The maximum absolute atomic E-state index is 12.1. The zero-order valence-corrected chi connectivity index (χ0v) is 11.7. The minimum atomic E-state index is -3.87. The summed E-state index contributed by atoms with van der Waals surface area (Å²) in [5.41, 5.74) is 0.315. The Morgan fingerprint density at radius 2 is 1.63 bits per heavy atom. The third-order valence-corrected chi connectivity index (χ3v) is 3.80. The van der Waals surface area contributed by atoms with Crippen LogP contribution in [-0.4, -0.2) is 26.0 Å². The summed E-state index contributed by atoms with van der Waals surface area (Å²) in [7, 11) is -1.57. The van der Waals surface area contributed by atoms with Crippen LogP contribution in [0.4, 0.5) is 0 Å². The van der Waals surface area contributed by atoms with Gasteiger partial charge in [0.2, 0.25) is 5.85 Å². The molecule has 0 spiro atoms. The third-order valence-electron chi connectivity index (χ3n) is 2.09. The molecule has 0 heterocycles. The summed E-state index contributed by atoms with van der Waals surface area (Å²) in [5, 5.41) is 0. The minimum absolute atomic E-state index is 0.315. The molecule has 0 aliphatic heterocycles. The SMILES string of the molecule is COOP(=O)(OOC)[C@@H](C)OC(=O)c1ccccc1. The Bertz CT molecular complexity index is 438. The van der Waals surface area contributed by atoms with Crippen LogP contribution >= 0.6 is 7.60 Å². The first-order valence-electron chi connectivity index (χ1n) is 5.34. The van der Waals surface area contributed by atoms with Crippen LogP contribution in [0.5, 0.6) is 0 Å². The van der Waals surface area contributed by atoms with Gasteiger partial charge in [0.15, 0.2) is 0 Å². The zero-order valence-electron chi connectivity index (χ0n) is 10.8. The zero-order chi connectivity index (χ0) is 14.3. The van der Waals surface area contributed by atoms with E-state index in [0.29, 0.717) is 5.56 Å². The molecule has 7 nitrogen and oxygen atoms in total. The van der Waals surface area contributed by atoms with Gasteiger partial charge >= 0.3 is 13.6 Å². The molecule has 1 atom stereocenters. The van der Waals surface area contributed by atoms with E-state index in [1.165, 1.54) is 6.92 Å². The fraction of sp³-hybridized carbons (Fsp3) is 0.364. The summed E-state index contributed by atoms with van der Waals surface area (Å²) in [6.45, 7) is 1.35. The van der Waals surface area contributed by atoms with E-state index in [2.05, 4.69) is 19.1 Å². The van der Waals surface area contributed by atoms with Gasteiger partial charge in [-0.1, -0.05) is 18.2 Å². The molecule has 0 bridgehead atoms. The lowest BCUT2D eigenvalue weighted by Gasteiger charge is -2.20. The number of rotatable bonds is 7. The van der Waals surface area contributed by atoms with Crippen molar-refractivity contribution in [2.75, 3.05) is 14.2 Å². The molecule has 0 N–H and O–H groups in total. The Hall–Kier alpha value is -1.24. The van der Waals surface area contributed by atoms with Gasteiger partial charge in [0.1, 0.15) is 0 Å². The topological polar surface area (TPSA) is 80.3 Å². The molecule has 0 aromatic heterocycles. The van der Waals surface area contributed by atoms with Gasteiger partial charge < -0.3 is 4.74 Å². The van der Waals surface area contributed by atoms with E-state index in [0.717, 1.165) is 14.2 Å². The first-order chi connectivity index (χ1) is 9.03.